The number of hydrogen-bond donors (Lipinski definition) is 2. The van der Waals surface area contributed by atoms with Crippen LogP contribution in [0.5, 0.6) is 0 Å². The first kappa shape index (κ1) is 33.0. The van der Waals surface area contributed by atoms with Crippen molar-refractivity contribution in [3.8, 4) is 11.8 Å². The number of fused-ring (bicyclic) bond motifs is 1. The summed E-state index contributed by atoms with van der Waals surface area (Å²) in [7, 11) is 0. The van der Waals surface area contributed by atoms with Crippen LogP contribution in [0, 0.1) is 23.5 Å². The Morgan fingerprint density at radius 3 is 2.44 bits per heavy atom. The monoisotopic (exact) mass is 623 g/mol. The highest BCUT2D eigenvalue weighted by Crippen LogP contribution is 2.38. The lowest BCUT2D eigenvalue weighted by molar-refractivity contribution is 0.0512. The Balaban J connectivity index is 1.63. The van der Waals surface area contributed by atoms with Gasteiger partial charge in [0.1, 0.15) is 17.8 Å². The molecule has 0 radical (unpaired) electrons. The third-order valence-corrected chi connectivity index (χ3v) is 6.63. The van der Waals surface area contributed by atoms with Crippen molar-refractivity contribution in [2.24, 2.45) is 0 Å². The van der Waals surface area contributed by atoms with E-state index < -0.39 is 46.9 Å². The molecule has 1 aromatic heterocycles. The molecule has 0 bridgehead atoms. The minimum Gasteiger partial charge on any atom is -0.462 e. The Labute approximate surface area is 259 Å². The Hall–Kier alpha value is -4.92. The molecule has 4 rings (SSSR count). The van der Waals surface area contributed by atoms with Gasteiger partial charge in [0.2, 0.25) is 5.43 Å². The van der Waals surface area contributed by atoms with Crippen LogP contribution in [0.15, 0.2) is 47.4 Å². The van der Waals surface area contributed by atoms with E-state index >= 15 is 4.39 Å². The van der Waals surface area contributed by atoms with Gasteiger partial charge in [-0.2, -0.15) is 0 Å². The highest BCUT2D eigenvalue weighted by Gasteiger charge is 2.30. The number of amides is 2. The zero-order valence-electron chi connectivity index (χ0n) is 25.5. The predicted octanol–water partition coefficient (Wildman–Crippen LogP) is 5.35. The van der Waals surface area contributed by atoms with Crippen molar-refractivity contribution in [1.82, 2.24) is 15.2 Å². The van der Waals surface area contributed by atoms with Crippen molar-refractivity contribution in [2.75, 3.05) is 13.2 Å². The summed E-state index contributed by atoms with van der Waals surface area (Å²) in [5.41, 5.74) is -1.40. The molecule has 1 heterocycles. The van der Waals surface area contributed by atoms with Gasteiger partial charge in [0.25, 0.3) is 0 Å². The standard InChI is InChI=1S/C33H35F2N3O7/c1-5-43-30(40)25-18-38(22-14-15-22)28-23(27(35)26(34)16-24(28)29(25)39)13-9-12-21(17-36-31(41)45-33(2,3)4)37-32(42)44-19-20-10-7-6-8-11-20/h6-8,10-11,16,18,21-22H,5,12,14-15,17,19H2,1-4H3,(H,36,41)(H,37,42)/t21-/m1/s1. The van der Waals surface area contributed by atoms with E-state index in [4.69, 9.17) is 14.2 Å². The minimum atomic E-state index is -1.31. The van der Waals surface area contributed by atoms with Gasteiger partial charge in [0, 0.05) is 25.2 Å². The number of alkyl carbamates (subject to hydrolysis) is 2. The summed E-state index contributed by atoms with van der Waals surface area (Å²) in [6.45, 7) is 6.60. The van der Waals surface area contributed by atoms with Gasteiger partial charge in [-0.3, -0.25) is 4.79 Å². The molecule has 12 heteroatoms. The number of pyridine rings is 1. The molecule has 0 unspecified atom stereocenters. The molecular weight excluding hydrogens is 588 g/mol. The third-order valence-electron chi connectivity index (χ3n) is 6.63. The second kappa shape index (κ2) is 14.2. The molecule has 2 amide bonds. The van der Waals surface area contributed by atoms with E-state index in [0.29, 0.717) is 12.8 Å². The van der Waals surface area contributed by atoms with Crippen molar-refractivity contribution in [2.45, 2.75) is 71.2 Å². The maximum atomic E-state index is 15.3. The number of nitrogens with zero attached hydrogens (tertiary/aromatic N) is 1. The lowest BCUT2D eigenvalue weighted by atomic mass is 10.0. The summed E-state index contributed by atoms with van der Waals surface area (Å²) in [5.74, 6) is 1.96. The quantitative estimate of drug-likeness (QED) is 0.187. The van der Waals surface area contributed by atoms with Crippen LogP contribution in [0.25, 0.3) is 10.9 Å². The van der Waals surface area contributed by atoms with Crippen LogP contribution in [0.4, 0.5) is 18.4 Å². The summed E-state index contributed by atoms with van der Waals surface area (Å²) < 4.78 is 47.2. The fourth-order valence-electron chi connectivity index (χ4n) is 4.46. The van der Waals surface area contributed by atoms with Gasteiger partial charge in [0.05, 0.1) is 29.1 Å². The molecule has 10 nitrogen and oxygen atoms in total. The summed E-state index contributed by atoms with van der Waals surface area (Å²) in [4.78, 5) is 50.5. The van der Waals surface area contributed by atoms with Crippen molar-refractivity contribution in [3.63, 3.8) is 0 Å². The van der Waals surface area contributed by atoms with Gasteiger partial charge in [0.15, 0.2) is 11.6 Å². The normalized spacial score (nSPS) is 13.3. The molecule has 1 aliphatic rings. The molecule has 238 valence electrons. The smallest absolute Gasteiger partial charge is 0.407 e. The van der Waals surface area contributed by atoms with Gasteiger partial charge >= 0.3 is 18.2 Å². The largest absolute Gasteiger partial charge is 0.462 e. The fourth-order valence-corrected chi connectivity index (χ4v) is 4.46. The zero-order chi connectivity index (χ0) is 32.7. The van der Waals surface area contributed by atoms with E-state index in [0.717, 1.165) is 11.6 Å². The number of nitrogens with one attached hydrogen (secondary N) is 2. The van der Waals surface area contributed by atoms with Crippen LogP contribution in [0.1, 0.15) is 74.5 Å². The molecule has 0 saturated heterocycles. The van der Waals surface area contributed by atoms with Crippen LogP contribution >= 0.6 is 0 Å². The lowest BCUT2D eigenvalue weighted by Crippen LogP contribution is -2.44. The second-order valence-corrected chi connectivity index (χ2v) is 11.5. The van der Waals surface area contributed by atoms with Crippen molar-refractivity contribution in [1.29, 1.82) is 0 Å². The third kappa shape index (κ3) is 8.81. The number of hydrogen-bond acceptors (Lipinski definition) is 7. The Morgan fingerprint density at radius 1 is 1.09 bits per heavy atom. The SMILES string of the molecule is CCOC(=O)c1cn(C2CC2)c2c(C#CC[C@H](CNC(=O)OC(C)(C)C)NC(=O)OCc3ccccc3)c(F)c(F)cc2c1=O. The van der Waals surface area contributed by atoms with Crippen molar-refractivity contribution in [3.05, 3.63) is 81.1 Å². The molecule has 45 heavy (non-hydrogen) atoms. The first-order valence-corrected chi connectivity index (χ1v) is 14.5. The molecule has 3 aromatic rings. The van der Waals surface area contributed by atoms with E-state index in [1.165, 1.54) is 6.20 Å². The molecule has 1 fully saturated rings. The highest BCUT2D eigenvalue weighted by molar-refractivity contribution is 5.95. The minimum absolute atomic E-state index is 0.00244. The molecule has 0 spiro atoms. The molecule has 2 aromatic carbocycles. The van der Waals surface area contributed by atoms with Gasteiger partial charge in [-0.1, -0.05) is 42.2 Å². The molecule has 2 N–H and O–H groups in total. The van der Waals surface area contributed by atoms with Crippen LogP contribution in [0.3, 0.4) is 0 Å². The molecular formula is C33H35F2N3O7. The number of rotatable bonds is 9. The number of halogens is 2. The molecule has 0 aliphatic heterocycles. The highest BCUT2D eigenvalue weighted by atomic mass is 19.2. The average Bonchev–Trinajstić information content (AvgIpc) is 3.82. The van der Waals surface area contributed by atoms with Gasteiger partial charge in [-0.05, 0) is 52.2 Å². The lowest BCUT2D eigenvalue weighted by Gasteiger charge is -2.22. The van der Waals surface area contributed by atoms with Gasteiger partial charge in [-0.15, -0.1) is 0 Å². The number of esters is 1. The number of carbonyl (C=O) groups excluding carboxylic acids is 3. The summed E-state index contributed by atoms with van der Waals surface area (Å²) in [5, 5.41) is 4.98. The molecule has 1 aliphatic carbocycles. The van der Waals surface area contributed by atoms with E-state index in [2.05, 4.69) is 22.5 Å². The predicted molar refractivity (Wildman–Crippen MR) is 162 cm³/mol. The average molecular weight is 624 g/mol. The number of carbonyl (C=O) groups is 3. The Morgan fingerprint density at radius 2 is 1.80 bits per heavy atom. The maximum Gasteiger partial charge on any atom is 0.407 e. The summed E-state index contributed by atoms with van der Waals surface area (Å²) in [6, 6.07) is 8.80. The van der Waals surface area contributed by atoms with E-state index in [1.54, 1.807) is 56.5 Å². The topological polar surface area (TPSA) is 125 Å². The molecule has 1 saturated carbocycles. The van der Waals surface area contributed by atoms with E-state index in [9.17, 15) is 23.6 Å². The Kier molecular flexibility index (Phi) is 10.4. The maximum absolute atomic E-state index is 15.3. The van der Waals surface area contributed by atoms with Crippen LogP contribution in [0.2, 0.25) is 0 Å². The van der Waals surface area contributed by atoms with Crippen molar-refractivity contribution < 1.29 is 37.4 Å². The van der Waals surface area contributed by atoms with Crippen LogP contribution in [-0.4, -0.2) is 47.5 Å². The fraction of sp³-hybridized carbons (Fsp3) is 0.394. The van der Waals surface area contributed by atoms with Crippen molar-refractivity contribution >= 4 is 29.1 Å². The zero-order valence-corrected chi connectivity index (χ0v) is 25.5. The summed E-state index contributed by atoms with van der Waals surface area (Å²) in [6.07, 6.45) is 1.09. The van der Waals surface area contributed by atoms with Gasteiger partial charge in [-0.25, -0.2) is 23.2 Å². The second-order valence-electron chi connectivity index (χ2n) is 11.5. The number of ether oxygens (including phenoxy) is 3. The van der Waals surface area contributed by atoms with E-state index in [-0.39, 0.29) is 54.3 Å². The van der Waals surface area contributed by atoms with Crippen LogP contribution in [-0.2, 0) is 20.8 Å². The summed E-state index contributed by atoms with van der Waals surface area (Å²) >= 11 is 0. The number of aromatic nitrogens is 1. The van der Waals surface area contributed by atoms with E-state index in [1.807, 2.05) is 6.07 Å². The van der Waals surface area contributed by atoms with Crippen LogP contribution < -0.4 is 16.1 Å². The first-order chi connectivity index (χ1) is 21.4. The molecule has 1 atom stereocenters. The number of benzene rings is 2. The Bertz CT molecular complexity index is 1700. The van der Waals surface area contributed by atoms with Gasteiger partial charge < -0.3 is 29.4 Å². The first-order valence-electron chi connectivity index (χ1n) is 14.5.